The second kappa shape index (κ2) is 7.01. The van der Waals surface area contributed by atoms with Crippen LogP contribution < -0.4 is 10.1 Å². The van der Waals surface area contributed by atoms with Gasteiger partial charge in [-0.15, -0.1) is 0 Å². The summed E-state index contributed by atoms with van der Waals surface area (Å²) in [6, 6.07) is 7.70. The highest BCUT2D eigenvalue weighted by Crippen LogP contribution is 2.18. The Morgan fingerprint density at radius 2 is 1.89 bits per heavy atom. The van der Waals surface area contributed by atoms with E-state index in [0.717, 1.165) is 0 Å². The number of amides is 1. The predicted molar refractivity (Wildman–Crippen MR) is 70.7 cm³/mol. The van der Waals surface area contributed by atoms with Crippen molar-refractivity contribution in [3.05, 3.63) is 29.8 Å². The van der Waals surface area contributed by atoms with Gasteiger partial charge in [-0.25, -0.2) is 0 Å². The van der Waals surface area contributed by atoms with Gasteiger partial charge in [-0.3, -0.25) is 4.79 Å². The van der Waals surface area contributed by atoms with E-state index in [2.05, 4.69) is 19.2 Å². The number of hydrogen-bond acceptors (Lipinski definition) is 3. The molecule has 0 bridgehead atoms. The van der Waals surface area contributed by atoms with Crippen LogP contribution in [-0.2, 0) is 4.79 Å². The number of carbonyl (C=O) groups is 1. The average molecular weight is 251 g/mol. The van der Waals surface area contributed by atoms with E-state index in [-0.39, 0.29) is 19.1 Å². The largest absolute Gasteiger partial charge is 0.484 e. The molecule has 0 aliphatic carbocycles. The van der Waals surface area contributed by atoms with Gasteiger partial charge in [-0.05, 0) is 30.5 Å². The standard InChI is InChI=1S/C14H21NO3/c1-10(2)12-4-6-13(7-5-12)18-9-14(17)15-8-11(3)16/h4-7,10-11,16H,8-9H2,1-3H3,(H,15,17)/t11-/m0/s1. The van der Waals surface area contributed by atoms with Crippen LogP contribution in [0.15, 0.2) is 24.3 Å². The van der Waals surface area contributed by atoms with Gasteiger partial charge in [-0.1, -0.05) is 26.0 Å². The summed E-state index contributed by atoms with van der Waals surface area (Å²) in [5.41, 5.74) is 1.24. The maximum Gasteiger partial charge on any atom is 0.258 e. The monoisotopic (exact) mass is 251 g/mol. The Balaban J connectivity index is 2.37. The number of carbonyl (C=O) groups excluding carboxylic acids is 1. The molecule has 1 atom stereocenters. The molecule has 0 heterocycles. The fourth-order valence-electron chi connectivity index (χ4n) is 1.41. The maximum absolute atomic E-state index is 11.3. The van der Waals surface area contributed by atoms with Crippen molar-refractivity contribution in [2.45, 2.75) is 32.8 Å². The summed E-state index contributed by atoms with van der Waals surface area (Å²) in [6.45, 7) is 6.08. The molecular weight excluding hydrogens is 230 g/mol. The number of rotatable bonds is 6. The summed E-state index contributed by atoms with van der Waals surface area (Å²) in [6.07, 6.45) is -0.542. The zero-order chi connectivity index (χ0) is 13.5. The van der Waals surface area contributed by atoms with Crippen molar-refractivity contribution in [3.8, 4) is 5.75 Å². The van der Waals surface area contributed by atoms with Crippen LogP contribution in [0.2, 0.25) is 0 Å². The average Bonchev–Trinajstić information content (AvgIpc) is 2.34. The molecule has 0 fully saturated rings. The van der Waals surface area contributed by atoms with Crippen LogP contribution in [0.4, 0.5) is 0 Å². The number of hydrogen-bond donors (Lipinski definition) is 2. The Hall–Kier alpha value is -1.55. The minimum Gasteiger partial charge on any atom is -0.484 e. The molecule has 0 saturated carbocycles. The lowest BCUT2D eigenvalue weighted by Gasteiger charge is -2.10. The molecule has 0 aliphatic rings. The first-order valence-electron chi connectivity index (χ1n) is 6.16. The summed E-state index contributed by atoms with van der Waals surface area (Å²) in [4.78, 5) is 11.3. The molecule has 0 saturated heterocycles. The first-order valence-corrected chi connectivity index (χ1v) is 6.16. The lowest BCUT2D eigenvalue weighted by molar-refractivity contribution is -0.123. The van der Waals surface area contributed by atoms with Crippen molar-refractivity contribution in [2.24, 2.45) is 0 Å². The lowest BCUT2D eigenvalue weighted by atomic mass is 10.0. The van der Waals surface area contributed by atoms with E-state index >= 15 is 0 Å². The van der Waals surface area contributed by atoms with E-state index in [0.29, 0.717) is 11.7 Å². The molecule has 0 radical (unpaired) electrons. The van der Waals surface area contributed by atoms with E-state index in [4.69, 9.17) is 9.84 Å². The third-order valence-electron chi connectivity index (χ3n) is 2.51. The Morgan fingerprint density at radius 3 is 2.39 bits per heavy atom. The van der Waals surface area contributed by atoms with Crippen molar-refractivity contribution in [3.63, 3.8) is 0 Å². The number of aliphatic hydroxyl groups is 1. The van der Waals surface area contributed by atoms with Crippen LogP contribution in [0.25, 0.3) is 0 Å². The molecule has 1 amide bonds. The van der Waals surface area contributed by atoms with Gasteiger partial charge < -0.3 is 15.2 Å². The number of ether oxygens (including phenoxy) is 1. The van der Waals surface area contributed by atoms with Crippen molar-refractivity contribution in [1.29, 1.82) is 0 Å². The van der Waals surface area contributed by atoms with Crippen LogP contribution >= 0.6 is 0 Å². The second-order valence-electron chi connectivity index (χ2n) is 4.67. The summed E-state index contributed by atoms with van der Waals surface area (Å²) in [5.74, 6) is 0.920. The summed E-state index contributed by atoms with van der Waals surface area (Å²) in [7, 11) is 0. The van der Waals surface area contributed by atoms with Crippen LogP contribution in [0.3, 0.4) is 0 Å². The fourth-order valence-corrected chi connectivity index (χ4v) is 1.41. The van der Waals surface area contributed by atoms with Crippen molar-refractivity contribution in [2.75, 3.05) is 13.2 Å². The number of nitrogens with one attached hydrogen (secondary N) is 1. The normalized spacial score (nSPS) is 12.3. The molecule has 0 spiro atoms. The predicted octanol–water partition coefficient (Wildman–Crippen LogP) is 1.69. The Bertz CT molecular complexity index is 371. The molecular formula is C14H21NO3. The third-order valence-corrected chi connectivity index (χ3v) is 2.51. The Kier molecular flexibility index (Phi) is 5.65. The molecule has 1 aromatic rings. The molecule has 0 aromatic heterocycles. The van der Waals surface area contributed by atoms with Crippen molar-refractivity contribution >= 4 is 5.91 Å². The van der Waals surface area contributed by atoms with E-state index in [1.54, 1.807) is 6.92 Å². The second-order valence-corrected chi connectivity index (χ2v) is 4.67. The van der Waals surface area contributed by atoms with E-state index in [1.165, 1.54) is 5.56 Å². The highest BCUT2D eigenvalue weighted by Gasteiger charge is 2.04. The quantitative estimate of drug-likeness (QED) is 0.809. The van der Waals surface area contributed by atoms with E-state index in [1.807, 2.05) is 24.3 Å². The van der Waals surface area contributed by atoms with Gasteiger partial charge in [0.1, 0.15) is 5.75 Å². The molecule has 2 N–H and O–H groups in total. The first-order chi connectivity index (χ1) is 8.49. The summed E-state index contributed by atoms with van der Waals surface area (Å²) < 4.78 is 5.34. The molecule has 0 unspecified atom stereocenters. The van der Waals surface area contributed by atoms with Gasteiger partial charge in [0, 0.05) is 6.54 Å². The number of benzene rings is 1. The zero-order valence-electron chi connectivity index (χ0n) is 11.1. The van der Waals surface area contributed by atoms with Gasteiger partial charge in [0.2, 0.25) is 0 Å². The molecule has 0 aliphatic heterocycles. The van der Waals surface area contributed by atoms with E-state index in [9.17, 15) is 4.79 Å². The lowest BCUT2D eigenvalue weighted by Crippen LogP contribution is -2.34. The highest BCUT2D eigenvalue weighted by molar-refractivity contribution is 5.77. The SMILES string of the molecule is CC(C)c1ccc(OCC(=O)NC[C@H](C)O)cc1. The zero-order valence-corrected chi connectivity index (χ0v) is 11.1. The van der Waals surface area contributed by atoms with Gasteiger partial charge in [0.05, 0.1) is 6.10 Å². The maximum atomic E-state index is 11.3. The van der Waals surface area contributed by atoms with Gasteiger partial charge in [0.25, 0.3) is 5.91 Å². The summed E-state index contributed by atoms with van der Waals surface area (Å²) in [5, 5.41) is 11.6. The van der Waals surface area contributed by atoms with Gasteiger partial charge >= 0.3 is 0 Å². The van der Waals surface area contributed by atoms with Crippen LogP contribution in [0.1, 0.15) is 32.3 Å². The molecule has 4 nitrogen and oxygen atoms in total. The first kappa shape index (κ1) is 14.5. The number of aliphatic hydroxyl groups excluding tert-OH is 1. The van der Waals surface area contributed by atoms with Crippen LogP contribution in [0, 0.1) is 0 Å². The molecule has 1 aromatic carbocycles. The summed E-state index contributed by atoms with van der Waals surface area (Å²) >= 11 is 0. The minimum atomic E-state index is -0.542. The van der Waals surface area contributed by atoms with Crippen molar-refractivity contribution < 1.29 is 14.6 Å². The Morgan fingerprint density at radius 1 is 1.28 bits per heavy atom. The molecule has 100 valence electrons. The van der Waals surface area contributed by atoms with Gasteiger partial charge in [0.15, 0.2) is 6.61 Å². The topological polar surface area (TPSA) is 58.6 Å². The molecule has 1 rings (SSSR count). The van der Waals surface area contributed by atoms with E-state index < -0.39 is 6.10 Å². The molecule has 18 heavy (non-hydrogen) atoms. The van der Waals surface area contributed by atoms with Gasteiger partial charge in [-0.2, -0.15) is 0 Å². The minimum absolute atomic E-state index is 0.0340. The smallest absolute Gasteiger partial charge is 0.258 e. The van der Waals surface area contributed by atoms with Crippen LogP contribution in [-0.4, -0.2) is 30.3 Å². The molecule has 4 heteroatoms. The fraction of sp³-hybridized carbons (Fsp3) is 0.500. The van der Waals surface area contributed by atoms with Crippen LogP contribution in [0.5, 0.6) is 5.75 Å². The third kappa shape index (κ3) is 5.19. The highest BCUT2D eigenvalue weighted by atomic mass is 16.5. The van der Waals surface area contributed by atoms with Crippen molar-refractivity contribution in [1.82, 2.24) is 5.32 Å². The Labute approximate surface area is 108 Å².